The Labute approximate surface area is 152 Å². The maximum absolute atomic E-state index is 14.2. The summed E-state index contributed by atoms with van der Waals surface area (Å²) in [5.74, 6) is -3.22. The molecule has 26 heavy (non-hydrogen) atoms. The van der Waals surface area contributed by atoms with E-state index < -0.39 is 53.7 Å². The van der Waals surface area contributed by atoms with Gasteiger partial charge in [0, 0.05) is 14.2 Å². The number of methoxy groups -OCH3 is 2. The van der Waals surface area contributed by atoms with Crippen LogP contribution in [0.15, 0.2) is 0 Å². The standard InChI is InChI=1S/C17H29FO8/c1-15(2,3)14(20)23-8-9-11-12(10(19)13(18)24-9)26-17(5,22-7)16(4,21-6)25-11/h9-13,19H,8H2,1-7H3/t9-,10+,11-,12-,13+,16?,17?/m1/s1. The molecule has 0 aromatic rings. The molecule has 7 atom stereocenters. The third kappa shape index (κ3) is 3.74. The van der Waals surface area contributed by atoms with Gasteiger partial charge in [-0.15, -0.1) is 0 Å². The van der Waals surface area contributed by atoms with Gasteiger partial charge < -0.3 is 33.5 Å². The number of esters is 1. The molecule has 0 amide bonds. The summed E-state index contributed by atoms with van der Waals surface area (Å²) < 4.78 is 47.2. The smallest absolute Gasteiger partial charge is 0.311 e. The van der Waals surface area contributed by atoms with E-state index in [2.05, 4.69) is 0 Å². The van der Waals surface area contributed by atoms with E-state index in [9.17, 15) is 14.3 Å². The minimum atomic E-state index is -2.02. The number of ether oxygens (including phenoxy) is 6. The number of rotatable bonds is 4. The molecule has 2 saturated heterocycles. The number of carbonyl (C=O) groups excluding carboxylic acids is 1. The first kappa shape index (κ1) is 21.5. The van der Waals surface area contributed by atoms with E-state index in [1.54, 1.807) is 34.6 Å². The lowest BCUT2D eigenvalue weighted by molar-refractivity contribution is -0.476. The first-order valence-electron chi connectivity index (χ1n) is 8.49. The third-order valence-corrected chi connectivity index (χ3v) is 4.92. The molecule has 2 aliphatic heterocycles. The Balaban J connectivity index is 2.23. The van der Waals surface area contributed by atoms with Gasteiger partial charge in [-0.05, 0) is 34.6 Å². The van der Waals surface area contributed by atoms with Crippen molar-refractivity contribution in [1.29, 1.82) is 0 Å². The lowest BCUT2D eigenvalue weighted by Gasteiger charge is -2.55. The molecule has 1 N–H and O–H groups in total. The van der Waals surface area contributed by atoms with Gasteiger partial charge >= 0.3 is 5.97 Å². The third-order valence-electron chi connectivity index (χ3n) is 4.92. The molecule has 0 aliphatic carbocycles. The van der Waals surface area contributed by atoms with E-state index in [4.69, 9.17) is 28.4 Å². The zero-order valence-corrected chi connectivity index (χ0v) is 16.3. The number of halogens is 1. The van der Waals surface area contributed by atoms with Crippen molar-refractivity contribution in [2.45, 2.75) is 77.0 Å². The van der Waals surface area contributed by atoms with Crippen LogP contribution in [0.4, 0.5) is 4.39 Å². The largest absolute Gasteiger partial charge is 0.462 e. The molecule has 9 heteroatoms. The molecular formula is C17H29FO8. The molecule has 152 valence electrons. The molecule has 2 rings (SSSR count). The normalized spacial score (nSPS) is 43.7. The molecule has 2 unspecified atom stereocenters. The highest BCUT2D eigenvalue weighted by molar-refractivity contribution is 5.75. The van der Waals surface area contributed by atoms with Crippen LogP contribution in [0.25, 0.3) is 0 Å². The summed E-state index contributed by atoms with van der Waals surface area (Å²) in [6, 6.07) is 0. The van der Waals surface area contributed by atoms with Gasteiger partial charge in [0.1, 0.15) is 31.0 Å². The van der Waals surface area contributed by atoms with Crippen LogP contribution in [0.1, 0.15) is 34.6 Å². The maximum Gasteiger partial charge on any atom is 0.311 e. The summed E-state index contributed by atoms with van der Waals surface area (Å²) in [5, 5.41) is 10.2. The molecule has 0 bridgehead atoms. The fourth-order valence-electron chi connectivity index (χ4n) is 2.87. The number of hydrogen-bond donors (Lipinski definition) is 1. The van der Waals surface area contributed by atoms with Crippen molar-refractivity contribution in [2.75, 3.05) is 20.8 Å². The Morgan fingerprint density at radius 3 is 2.08 bits per heavy atom. The van der Waals surface area contributed by atoms with E-state index in [1.165, 1.54) is 14.2 Å². The molecular weight excluding hydrogens is 351 g/mol. The second-order valence-corrected chi connectivity index (χ2v) is 7.83. The van der Waals surface area contributed by atoms with Gasteiger partial charge in [0.2, 0.25) is 17.9 Å². The second-order valence-electron chi connectivity index (χ2n) is 7.83. The van der Waals surface area contributed by atoms with E-state index in [1.807, 2.05) is 0 Å². The van der Waals surface area contributed by atoms with Gasteiger partial charge in [0.05, 0.1) is 5.41 Å². The molecule has 2 fully saturated rings. The number of aliphatic hydroxyl groups excluding tert-OH is 1. The number of fused-ring (bicyclic) bond motifs is 1. The first-order valence-corrected chi connectivity index (χ1v) is 8.49. The Morgan fingerprint density at radius 1 is 1.12 bits per heavy atom. The predicted molar refractivity (Wildman–Crippen MR) is 86.8 cm³/mol. The minimum absolute atomic E-state index is 0.253. The highest BCUT2D eigenvalue weighted by atomic mass is 19.1. The Kier molecular flexibility index (Phi) is 6.02. The SMILES string of the molecule is COC1(C)O[C@@H]2[C@H](O)[C@@H](F)O[C@H](COC(=O)C(C)(C)C)[C@H]2OC1(C)OC. The summed E-state index contributed by atoms with van der Waals surface area (Å²) in [4.78, 5) is 12.0. The van der Waals surface area contributed by atoms with Crippen LogP contribution in [0.5, 0.6) is 0 Å². The van der Waals surface area contributed by atoms with Gasteiger partial charge in [0.15, 0.2) is 0 Å². The van der Waals surface area contributed by atoms with Crippen LogP contribution >= 0.6 is 0 Å². The van der Waals surface area contributed by atoms with Gasteiger partial charge in [-0.25, -0.2) is 4.39 Å². The number of hydrogen-bond acceptors (Lipinski definition) is 8. The Bertz CT molecular complexity index is 523. The second kappa shape index (κ2) is 7.29. The van der Waals surface area contributed by atoms with Crippen molar-refractivity contribution in [2.24, 2.45) is 5.41 Å². The van der Waals surface area contributed by atoms with E-state index >= 15 is 0 Å². The molecule has 2 heterocycles. The highest BCUT2D eigenvalue weighted by Crippen LogP contribution is 2.43. The van der Waals surface area contributed by atoms with Crippen LogP contribution in [0.2, 0.25) is 0 Å². The van der Waals surface area contributed by atoms with Crippen LogP contribution < -0.4 is 0 Å². The first-order chi connectivity index (χ1) is 11.9. The Morgan fingerprint density at radius 2 is 1.62 bits per heavy atom. The van der Waals surface area contributed by atoms with Crippen LogP contribution in [-0.4, -0.2) is 74.3 Å². The molecule has 0 saturated carbocycles. The van der Waals surface area contributed by atoms with Gasteiger partial charge in [0.25, 0.3) is 0 Å². The quantitative estimate of drug-likeness (QED) is 0.726. The fourth-order valence-corrected chi connectivity index (χ4v) is 2.87. The van der Waals surface area contributed by atoms with Crippen LogP contribution in [-0.2, 0) is 33.2 Å². The molecule has 2 aliphatic rings. The van der Waals surface area contributed by atoms with Crippen molar-refractivity contribution >= 4 is 5.97 Å². The van der Waals surface area contributed by atoms with Gasteiger partial charge in [-0.1, -0.05) is 0 Å². The zero-order valence-electron chi connectivity index (χ0n) is 16.3. The maximum atomic E-state index is 14.2. The molecule has 0 aromatic heterocycles. The topological polar surface area (TPSA) is 92.7 Å². The van der Waals surface area contributed by atoms with Crippen LogP contribution in [0, 0.1) is 5.41 Å². The van der Waals surface area contributed by atoms with E-state index in [-0.39, 0.29) is 6.61 Å². The van der Waals surface area contributed by atoms with Gasteiger partial charge in [-0.2, -0.15) is 0 Å². The highest BCUT2D eigenvalue weighted by Gasteiger charge is 2.62. The average Bonchev–Trinajstić information content (AvgIpc) is 2.57. The van der Waals surface area contributed by atoms with Crippen molar-refractivity contribution in [1.82, 2.24) is 0 Å². The fraction of sp³-hybridized carbons (Fsp3) is 0.941. The monoisotopic (exact) mass is 380 g/mol. The molecule has 0 radical (unpaired) electrons. The van der Waals surface area contributed by atoms with E-state index in [0.717, 1.165) is 0 Å². The number of aliphatic hydroxyl groups is 1. The van der Waals surface area contributed by atoms with Crippen molar-refractivity contribution in [3.63, 3.8) is 0 Å². The summed E-state index contributed by atoms with van der Waals surface area (Å²) >= 11 is 0. The molecule has 0 aromatic carbocycles. The number of carbonyl (C=O) groups is 1. The van der Waals surface area contributed by atoms with Crippen LogP contribution in [0.3, 0.4) is 0 Å². The predicted octanol–water partition coefficient (Wildman–Crippen LogP) is 1.14. The zero-order chi connectivity index (χ0) is 19.9. The van der Waals surface area contributed by atoms with Crippen molar-refractivity contribution in [3.05, 3.63) is 0 Å². The summed E-state index contributed by atoms with van der Waals surface area (Å²) in [5.41, 5.74) is -0.720. The molecule has 0 spiro atoms. The van der Waals surface area contributed by atoms with Crippen molar-refractivity contribution in [3.8, 4) is 0 Å². The van der Waals surface area contributed by atoms with Crippen molar-refractivity contribution < 1.29 is 42.7 Å². The lowest BCUT2D eigenvalue weighted by atomic mass is 9.94. The summed E-state index contributed by atoms with van der Waals surface area (Å²) in [6.45, 7) is 8.02. The van der Waals surface area contributed by atoms with E-state index in [0.29, 0.717) is 0 Å². The lowest BCUT2D eigenvalue weighted by Crippen LogP contribution is -2.72. The molecule has 8 nitrogen and oxygen atoms in total. The average molecular weight is 380 g/mol. The summed E-state index contributed by atoms with van der Waals surface area (Å²) in [7, 11) is 2.80. The summed E-state index contributed by atoms with van der Waals surface area (Å²) in [6.07, 6.45) is -6.62. The minimum Gasteiger partial charge on any atom is -0.462 e. The Hall–Kier alpha value is -0.840. The number of alkyl halides is 1. The van der Waals surface area contributed by atoms with Gasteiger partial charge in [-0.3, -0.25) is 4.79 Å².